The summed E-state index contributed by atoms with van der Waals surface area (Å²) in [4.78, 5) is 22.4. The molecule has 23 heavy (non-hydrogen) atoms. The highest BCUT2D eigenvalue weighted by Crippen LogP contribution is 2.21. The summed E-state index contributed by atoms with van der Waals surface area (Å²) in [6.45, 7) is -0.575. The minimum absolute atomic E-state index is 0.0239. The van der Waals surface area contributed by atoms with Gasteiger partial charge in [0.25, 0.3) is 0 Å². The van der Waals surface area contributed by atoms with Gasteiger partial charge in [-0.1, -0.05) is 0 Å². The van der Waals surface area contributed by atoms with E-state index in [-0.39, 0.29) is 44.2 Å². The van der Waals surface area contributed by atoms with Gasteiger partial charge in [-0.05, 0) is 0 Å². The van der Waals surface area contributed by atoms with Gasteiger partial charge in [0.2, 0.25) is 5.91 Å². The fourth-order valence-corrected chi connectivity index (χ4v) is 2.01. The number of carbonyl (C=O) groups excluding carboxylic acids is 2. The summed E-state index contributed by atoms with van der Waals surface area (Å²) in [5.41, 5.74) is 5.12. The summed E-state index contributed by atoms with van der Waals surface area (Å²) in [6.07, 6.45) is -6.63. The number of ketones is 1. The Kier molecular flexibility index (Phi) is 8.55. The second-order valence-corrected chi connectivity index (χ2v) is 5.16. The number of Topliss-reactive ketones (excluding diaryl/α,β-unsaturated/α-hetero) is 1. The van der Waals surface area contributed by atoms with Crippen molar-refractivity contribution in [3.63, 3.8) is 0 Å². The van der Waals surface area contributed by atoms with Crippen molar-refractivity contribution in [1.82, 2.24) is 5.32 Å². The fourth-order valence-electron chi connectivity index (χ4n) is 2.01. The predicted molar refractivity (Wildman–Crippen MR) is 76.0 cm³/mol. The lowest BCUT2D eigenvalue weighted by Crippen LogP contribution is -2.59. The standard InChI is InChI=1S/C13H24N2O8/c14-5-7(17)1-2-9(18)15-3-4-22-13-12(21)11(20)10(19)8(6-16)23-13/h8,10-13,16,19-21H,1-6,14H2,(H,15,18)/t8-,10-,11+,12-,13-/m1/s1. The molecule has 1 amide bonds. The van der Waals surface area contributed by atoms with Gasteiger partial charge >= 0.3 is 0 Å². The van der Waals surface area contributed by atoms with Crippen LogP contribution in [0.4, 0.5) is 0 Å². The lowest BCUT2D eigenvalue weighted by molar-refractivity contribution is -0.300. The molecule has 0 aromatic heterocycles. The normalized spacial score (nSPS) is 30.9. The minimum Gasteiger partial charge on any atom is -0.394 e. The van der Waals surface area contributed by atoms with Crippen LogP contribution < -0.4 is 11.1 Å². The molecule has 10 nitrogen and oxygen atoms in total. The summed E-state index contributed by atoms with van der Waals surface area (Å²) in [5.74, 6) is -0.554. The molecule has 7 N–H and O–H groups in total. The van der Waals surface area contributed by atoms with Crippen LogP contribution in [0, 0.1) is 0 Å². The molecule has 5 atom stereocenters. The van der Waals surface area contributed by atoms with E-state index < -0.39 is 37.3 Å². The van der Waals surface area contributed by atoms with Crippen molar-refractivity contribution in [3.05, 3.63) is 0 Å². The van der Waals surface area contributed by atoms with Crippen molar-refractivity contribution in [3.8, 4) is 0 Å². The Bertz CT molecular complexity index is 392. The number of aliphatic hydroxyl groups is 4. The van der Waals surface area contributed by atoms with E-state index in [1.165, 1.54) is 0 Å². The van der Waals surface area contributed by atoms with Crippen LogP contribution in [0.25, 0.3) is 0 Å². The number of hydrogen-bond acceptors (Lipinski definition) is 9. The molecule has 0 aromatic rings. The molecule has 1 fully saturated rings. The first-order valence-corrected chi connectivity index (χ1v) is 7.31. The SMILES string of the molecule is NCC(=O)CCC(=O)NCCO[C@@H]1O[C@H](CO)[C@@H](O)[C@H](O)[C@H]1O. The van der Waals surface area contributed by atoms with E-state index in [1.54, 1.807) is 0 Å². The van der Waals surface area contributed by atoms with Gasteiger partial charge in [-0.3, -0.25) is 9.59 Å². The molecule has 10 heteroatoms. The van der Waals surface area contributed by atoms with E-state index in [9.17, 15) is 24.9 Å². The average Bonchev–Trinajstić information content (AvgIpc) is 2.56. The zero-order chi connectivity index (χ0) is 17.4. The minimum atomic E-state index is -1.51. The number of amides is 1. The van der Waals surface area contributed by atoms with Gasteiger partial charge in [0.1, 0.15) is 30.2 Å². The largest absolute Gasteiger partial charge is 0.394 e. The molecule has 1 rings (SSSR count). The Hall–Kier alpha value is -1.14. The highest BCUT2D eigenvalue weighted by Gasteiger charge is 2.43. The molecule has 1 heterocycles. The van der Waals surface area contributed by atoms with Gasteiger partial charge in [0.05, 0.1) is 19.8 Å². The third-order valence-electron chi connectivity index (χ3n) is 3.41. The molecule has 1 aliphatic heterocycles. The Labute approximate surface area is 133 Å². The van der Waals surface area contributed by atoms with Crippen molar-refractivity contribution in [1.29, 1.82) is 0 Å². The Balaban J connectivity index is 2.26. The number of hydrogen-bond donors (Lipinski definition) is 6. The first-order chi connectivity index (χ1) is 10.9. The van der Waals surface area contributed by atoms with Crippen molar-refractivity contribution < 1.29 is 39.5 Å². The number of nitrogens with one attached hydrogen (secondary N) is 1. The smallest absolute Gasteiger partial charge is 0.220 e. The molecule has 0 aromatic carbocycles. The lowest BCUT2D eigenvalue weighted by atomic mass is 9.99. The molecule has 1 saturated heterocycles. The zero-order valence-electron chi connectivity index (χ0n) is 12.6. The van der Waals surface area contributed by atoms with Gasteiger partial charge < -0.3 is 41.0 Å². The van der Waals surface area contributed by atoms with Crippen LogP contribution in [-0.2, 0) is 19.1 Å². The first-order valence-electron chi connectivity index (χ1n) is 7.31. The molecule has 0 saturated carbocycles. The number of aliphatic hydroxyl groups excluding tert-OH is 4. The third-order valence-corrected chi connectivity index (χ3v) is 3.41. The van der Waals surface area contributed by atoms with Crippen LogP contribution in [0.2, 0.25) is 0 Å². The van der Waals surface area contributed by atoms with Gasteiger partial charge in [-0.25, -0.2) is 0 Å². The maximum atomic E-state index is 11.4. The monoisotopic (exact) mass is 336 g/mol. The lowest BCUT2D eigenvalue weighted by Gasteiger charge is -2.39. The van der Waals surface area contributed by atoms with Gasteiger partial charge in [-0.15, -0.1) is 0 Å². The van der Waals surface area contributed by atoms with E-state index in [4.69, 9.17) is 20.3 Å². The van der Waals surface area contributed by atoms with Crippen LogP contribution >= 0.6 is 0 Å². The van der Waals surface area contributed by atoms with Crippen LogP contribution in [0.3, 0.4) is 0 Å². The van der Waals surface area contributed by atoms with Crippen molar-refractivity contribution in [2.75, 3.05) is 26.3 Å². The van der Waals surface area contributed by atoms with E-state index in [0.29, 0.717) is 0 Å². The molecule has 0 unspecified atom stereocenters. The molecule has 0 bridgehead atoms. The molecule has 134 valence electrons. The van der Waals surface area contributed by atoms with Crippen LogP contribution in [-0.4, -0.2) is 89.1 Å². The molecule has 0 spiro atoms. The van der Waals surface area contributed by atoms with Crippen LogP contribution in [0.15, 0.2) is 0 Å². The number of rotatable bonds is 9. The summed E-state index contributed by atoms with van der Waals surface area (Å²) in [7, 11) is 0. The molecule has 0 aliphatic carbocycles. The van der Waals surface area contributed by atoms with Crippen molar-refractivity contribution >= 4 is 11.7 Å². The highest BCUT2D eigenvalue weighted by molar-refractivity contribution is 5.85. The zero-order valence-corrected chi connectivity index (χ0v) is 12.6. The summed E-state index contributed by atoms with van der Waals surface area (Å²) in [5, 5.41) is 40.4. The van der Waals surface area contributed by atoms with Crippen LogP contribution in [0.1, 0.15) is 12.8 Å². The number of carbonyl (C=O) groups is 2. The summed E-state index contributed by atoms with van der Waals surface area (Å²) < 4.78 is 10.3. The van der Waals surface area contributed by atoms with Crippen molar-refractivity contribution in [2.24, 2.45) is 5.73 Å². The Morgan fingerprint density at radius 1 is 1.13 bits per heavy atom. The highest BCUT2D eigenvalue weighted by atomic mass is 16.7. The third kappa shape index (κ3) is 6.11. The second kappa shape index (κ2) is 9.88. The topological polar surface area (TPSA) is 172 Å². The Morgan fingerprint density at radius 2 is 1.83 bits per heavy atom. The second-order valence-electron chi connectivity index (χ2n) is 5.16. The van der Waals surface area contributed by atoms with Gasteiger partial charge in [0, 0.05) is 19.4 Å². The van der Waals surface area contributed by atoms with Gasteiger partial charge in [0.15, 0.2) is 6.29 Å². The van der Waals surface area contributed by atoms with E-state index in [1.807, 2.05) is 0 Å². The van der Waals surface area contributed by atoms with Crippen LogP contribution in [0.5, 0.6) is 0 Å². The number of ether oxygens (including phenoxy) is 2. The average molecular weight is 336 g/mol. The van der Waals surface area contributed by atoms with Crippen molar-refractivity contribution in [2.45, 2.75) is 43.5 Å². The first kappa shape index (κ1) is 19.9. The maximum absolute atomic E-state index is 11.4. The maximum Gasteiger partial charge on any atom is 0.220 e. The number of nitrogens with two attached hydrogens (primary N) is 1. The molecule has 0 radical (unpaired) electrons. The quantitative estimate of drug-likeness (QED) is 0.231. The van der Waals surface area contributed by atoms with Gasteiger partial charge in [-0.2, -0.15) is 0 Å². The van der Waals surface area contributed by atoms with E-state index in [2.05, 4.69) is 5.32 Å². The summed E-state index contributed by atoms with van der Waals surface area (Å²) in [6, 6.07) is 0. The van der Waals surface area contributed by atoms with E-state index in [0.717, 1.165) is 0 Å². The Morgan fingerprint density at radius 3 is 2.43 bits per heavy atom. The summed E-state index contributed by atoms with van der Waals surface area (Å²) >= 11 is 0. The predicted octanol–water partition coefficient (Wildman–Crippen LogP) is -3.77. The molecule has 1 aliphatic rings. The van der Waals surface area contributed by atoms with E-state index >= 15 is 0 Å². The molecular formula is C13H24N2O8. The fraction of sp³-hybridized carbons (Fsp3) is 0.846. The molecular weight excluding hydrogens is 312 g/mol.